The van der Waals surface area contributed by atoms with Gasteiger partial charge in [-0.1, -0.05) is 18.2 Å². The van der Waals surface area contributed by atoms with E-state index in [4.69, 9.17) is 9.47 Å². The van der Waals surface area contributed by atoms with Gasteiger partial charge in [-0.15, -0.1) is 0 Å². The zero-order valence-electron chi connectivity index (χ0n) is 11.7. The van der Waals surface area contributed by atoms with Crippen LogP contribution in [0.25, 0.3) is 0 Å². The molecule has 2 N–H and O–H groups in total. The molecule has 2 aromatic rings. The van der Waals surface area contributed by atoms with Crippen molar-refractivity contribution in [2.75, 3.05) is 19.0 Å². The highest BCUT2D eigenvalue weighted by Gasteiger charge is 2.04. The summed E-state index contributed by atoms with van der Waals surface area (Å²) in [6.07, 6.45) is 0. The Hall–Kier alpha value is -2.36. The molecular weight excluding hydrogens is 254 g/mol. The van der Waals surface area contributed by atoms with Gasteiger partial charge in [-0.25, -0.2) is 0 Å². The van der Waals surface area contributed by atoms with Gasteiger partial charge in [-0.2, -0.15) is 0 Å². The van der Waals surface area contributed by atoms with Crippen LogP contribution >= 0.6 is 0 Å². The summed E-state index contributed by atoms with van der Waals surface area (Å²) >= 11 is 0. The molecule has 4 nitrogen and oxygen atoms in total. The first-order chi connectivity index (χ1) is 9.74. The molecule has 0 aromatic heterocycles. The quantitative estimate of drug-likeness (QED) is 0.846. The Morgan fingerprint density at radius 1 is 1.10 bits per heavy atom. The Morgan fingerprint density at radius 2 is 1.90 bits per heavy atom. The molecule has 0 spiro atoms. The lowest BCUT2D eigenvalue weighted by atomic mass is 10.2. The maximum Gasteiger partial charge on any atom is 0.160 e. The second-order valence-electron chi connectivity index (χ2n) is 4.29. The van der Waals surface area contributed by atoms with E-state index in [-0.39, 0.29) is 5.75 Å². The van der Waals surface area contributed by atoms with Gasteiger partial charge in [-0.3, -0.25) is 0 Å². The van der Waals surface area contributed by atoms with Gasteiger partial charge in [0, 0.05) is 6.54 Å². The number of hydrogen-bond acceptors (Lipinski definition) is 4. The Bertz CT molecular complexity index is 569. The van der Waals surface area contributed by atoms with Crippen LogP contribution in [0.3, 0.4) is 0 Å². The fraction of sp³-hybridized carbons (Fsp3) is 0.250. The maximum absolute atomic E-state index is 9.75. The zero-order valence-corrected chi connectivity index (χ0v) is 11.7. The molecule has 0 atom stereocenters. The lowest BCUT2D eigenvalue weighted by Gasteiger charge is -2.12. The van der Waals surface area contributed by atoms with Crippen LogP contribution in [0.1, 0.15) is 12.5 Å². The van der Waals surface area contributed by atoms with Crippen molar-refractivity contribution in [3.05, 3.63) is 48.0 Å². The van der Waals surface area contributed by atoms with E-state index in [0.717, 1.165) is 17.0 Å². The van der Waals surface area contributed by atoms with E-state index < -0.39 is 0 Å². The van der Waals surface area contributed by atoms with Crippen molar-refractivity contribution < 1.29 is 14.6 Å². The molecule has 0 heterocycles. The number of phenols is 1. The number of methoxy groups -OCH3 is 1. The molecule has 0 saturated carbocycles. The zero-order chi connectivity index (χ0) is 14.4. The normalized spacial score (nSPS) is 10.1. The number of phenolic OH excluding ortho intramolecular Hbond substituents is 1. The van der Waals surface area contributed by atoms with Gasteiger partial charge in [-0.05, 0) is 36.8 Å². The first-order valence-corrected chi connectivity index (χ1v) is 6.56. The minimum atomic E-state index is 0.143. The minimum absolute atomic E-state index is 0.143. The van der Waals surface area contributed by atoms with Crippen molar-refractivity contribution in [2.45, 2.75) is 13.5 Å². The van der Waals surface area contributed by atoms with Crippen LogP contribution in [0, 0.1) is 0 Å². The Labute approximate surface area is 119 Å². The van der Waals surface area contributed by atoms with E-state index in [1.54, 1.807) is 12.1 Å². The number of anilines is 1. The van der Waals surface area contributed by atoms with Gasteiger partial charge in [0.2, 0.25) is 0 Å². The van der Waals surface area contributed by atoms with Crippen molar-refractivity contribution in [1.29, 1.82) is 0 Å². The molecule has 20 heavy (non-hydrogen) atoms. The second kappa shape index (κ2) is 6.70. The van der Waals surface area contributed by atoms with E-state index in [1.165, 1.54) is 7.11 Å². The average Bonchev–Trinajstić information content (AvgIpc) is 2.47. The summed E-state index contributed by atoms with van der Waals surface area (Å²) in [5.41, 5.74) is 1.90. The fourth-order valence-electron chi connectivity index (χ4n) is 1.94. The van der Waals surface area contributed by atoms with E-state index in [1.807, 2.05) is 37.3 Å². The lowest BCUT2D eigenvalue weighted by Crippen LogP contribution is -2.02. The maximum atomic E-state index is 9.75. The number of hydrogen-bond donors (Lipinski definition) is 2. The van der Waals surface area contributed by atoms with Gasteiger partial charge in [0.1, 0.15) is 5.75 Å². The molecule has 0 amide bonds. The number of aromatic hydroxyl groups is 1. The number of para-hydroxylation sites is 2. The smallest absolute Gasteiger partial charge is 0.160 e. The third kappa shape index (κ3) is 3.35. The first kappa shape index (κ1) is 14.1. The summed E-state index contributed by atoms with van der Waals surface area (Å²) in [7, 11) is 1.53. The van der Waals surface area contributed by atoms with Crippen LogP contribution in [0.4, 0.5) is 5.69 Å². The summed E-state index contributed by atoms with van der Waals surface area (Å²) < 4.78 is 10.6. The van der Waals surface area contributed by atoms with Crippen molar-refractivity contribution in [2.24, 2.45) is 0 Å². The molecule has 0 aliphatic carbocycles. The number of benzene rings is 2. The average molecular weight is 273 g/mol. The number of ether oxygens (including phenoxy) is 2. The fourth-order valence-corrected chi connectivity index (χ4v) is 1.94. The van der Waals surface area contributed by atoms with Crippen molar-refractivity contribution in [1.82, 2.24) is 0 Å². The Kier molecular flexibility index (Phi) is 4.71. The SMILES string of the molecule is CCOc1ccccc1NCc1ccc(OC)c(O)c1. The molecule has 0 unspecified atom stereocenters. The molecule has 0 radical (unpaired) electrons. The summed E-state index contributed by atoms with van der Waals surface area (Å²) in [6.45, 7) is 3.18. The van der Waals surface area contributed by atoms with Crippen LogP contribution in [-0.2, 0) is 6.54 Å². The van der Waals surface area contributed by atoms with Crippen LogP contribution < -0.4 is 14.8 Å². The van der Waals surface area contributed by atoms with Crippen LogP contribution in [-0.4, -0.2) is 18.8 Å². The topological polar surface area (TPSA) is 50.7 Å². The molecule has 2 aromatic carbocycles. The van der Waals surface area contributed by atoms with Crippen molar-refractivity contribution in [3.8, 4) is 17.2 Å². The minimum Gasteiger partial charge on any atom is -0.504 e. The highest BCUT2D eigenvalue weighted by atomic mass is 16.5. The number of rotatable bonds is 6. The molecule has 0 fully saturated rings. The van der Waals surface area contributed by atoms with Gasteiger partial charge in [0.05, 0.1) is 19.4 Å². The summed E-state index contributed by atoms with van der Waals surface area (Å²) in [5, 5.41) is 13.1. The van der Waals surface area contributed by atoms with Crippen LogP contribution in [0.5, 0.6) is 17.2 Å². The summed E-state index contributed by atoms with van der Waals surface area (Å²) in [4.78, 5) is 0. The lowest BCUT2D eigenvalue weighted by molar-refractivity contribution is 0.341. The molecule has 106 valence electrons. The van der Waals surface area contributed by atoms with E-state index in [9.17, 15) is 5.11 Å². The largest absolute Gasteiger partial charge is 0.504 e. The third-order valence-electron chi connectivity index (χ3n) is 2.91. The van der Waals surface area contributed by atoms with E-state index >= 15 is 0 Å². The second-order valence-corrected chi connectivity index (χ2v) is 4.29. The first-order valence-electron chi connectivity index (χ1n) is 6.56. The van der Waals surface area contributed by atoms with Crippen molar-refractivity contribution >= 4 is 5.69 Å². The standard InChI is InChI=1S/C16H19NO3/c1-3-20-15-7-5-4-6-13(15)17-11-12-8-9-16(19-2)14(18)10-12/h4-10,17-18H,3,11H2,1-2H3. The molecule has 0 aliphatic heterocycles. The third-order valence-corrected chi connectivity index (χ3v) is 2.91. The van der Waals surface area contributed by atoms with Crippen LogP contribution in [0.2, 0.25) is 0 Å². The highest BCUT2D eigenvalue weighted by molar-refractivity contribution is 5.56. The number of nitrogens with one attached hydrogen (secondary N) is 1. The van der Waals surface area contributed by atoms with Crippen molar-refractivity contribution in [3.63, 3.8) is 0 Å². The van der Waals surface area contributed by atoms with Gasteiger partial charge >= 0.3 is 0 Å². The Morgan fingerprint density at radius 3 is 2.60 bits per heavy atom. The van der Waals surface area contributed by atoms with Gasteiger partial charge in [0.15, 0.2) is 11.5 Å². The van der Waals surface area contributed by atoms with Gasteiger partial charge < -0.3 is 19.9 Å². The Balaban J connectivity index is 2.07. The monoisotopic (exact) mass is 273 g/mol. The highest BCUT2D eigenvalue weighted by Crippen LogP contribution is 2.28. The van der Waals surface area contributed by atoms with E-state index in [0.29, 0.717) is 18.9 Å². The molecular formula is C16H19NO3. The molecule has 0 aliphatic rings. The molecule has 4 heteroatoms. The summed E-state index contributed by atoms with van der Waals surface area (Å²) in [5.74, 6) is 1.45. The van der Waals surface area contributed by atoms with Gasteiger partial charge in [0.25, 0.3) is 0 Å². The molecule has 2 rings (SSSR count). The van der Waals surface area contributed by atoms with Crippen LogP contribution in [0.15, 0.2) is 42.5 Å². The van der Waals surface area contributed by atoms with E-state index in [2.05, 4.69) is 5.32 Å². The molecule has 0 bridgehead atoms. The predicted octanol–water partition coefficient (Wildman–Crippen LogP) is 3.41. The molecule has 0 saturated heterocycles. The predicted molar refractivity (Wildman–Crippen MR) is 79.6 cm³/mol. The summed E-state index contributed by atoms with van der Waals surface area (Å²) in [6, 6.07) is 13.1.